The Hall–Kier alpha value is -2.45. The van der Waals surface area contributed by atoms with Gasteiger partial charge in [0.05, 0.1) is 17.6 Å². The summed E-state index contributed by atoms with van der Waals surface area (Å²) in [5, 5.41) is 14.2. The Balaban J connectivity index is 1.96. The van der Waals surface area contributed by atoms with Gasteiger partial charge in [-0.05, 0) is 43.4 Å². The zero-order valence-corrected chi connectivity index (χ0v) is 16.8. The van der Waals surface area contributed by atoms with Crippen molar-refractivity contribution in [2.75, 3.05) is 12.4 Å². The van der Waals surface area contributed by atoms with Crippen LogP contribution in [-0.4, -0.2) is 23.9 Å². The van der Waals surface area contributed by atoms with Crippen molar-refractivity contribution in [1.29, 1.82) is 0 Å². The highest BCUT2D eigenvalue weighted by atomic mass is 35.5. The first-order valence-corrected chi connectivity index (χ1v) is 10.1. The van der Waals surface area contributed by atoms with Gasteiger partial charge >= 0.3 is 5.97 Å². The van der Waals surface area contributed by atoms with Crippen LogP contribution in [0, 0.1) is 10.1 Å². The van der Waals surface area contributed by atoms with Crippen molar-refractivity contribution in [2.24, 2.45) is 0 Å². The summed E-state index contributed by atoms with van der Waals surface area (Å²) in [5.41, 5.74) is 1.07. The van der Waals surface area contributed by atoms with Gasteiger partial charge in [0.15, 0.2) is 0 Å². The Morgan fingerprint density at radius 3 is 2.61 bits per heavy atom. The molecule has 0 saturated heterocycles. The van der Waals surface area contributed by atoms with Gasteiger partial charge in [0.1, 0.15) is 10.0 Å². The molecule has 0 saturated carbocycles. The van der Waals surface area contributed by atoms with Crippen molar-refractivity contribution >= 4 is 45.5 Å². The molecule has 0 unspecified atom stereocenters. The summed E-state index contributed by atoms with van der Waals surface area (Å²) in [6.45, 7) is 0. The number of fused-ring (bicyclic) bond motifs is 1. The number of hydrogen-bond donors (Lipinski definition) is 1. The fourth-order valence-corrected chi connectivity index (χ4v) is 4.75. The zero-order valence-electron chi connectivity index (χ0n) is 15.2. The van der Waals surface area contributed by atoms with E-state index in [-0.39, 0.29) is 16.3 Å². The number of amides is 1. The van der Waals surface area contributed by atoms with E-state index < -0.39 is 16.8 Å². The summed E-state index contributed by atoms with van der Waals surface area (Å²) in [5.74, 6) is -1.03. The number of ether oxygens (including phenoxy) is 1. The van der Waals surface area contributed by atoms with E-state index in [0.717, 1.165) is 55.0 Å². The maximum atomic E-state index is 12.7. The van der Waals surface area contributed by atoms with Crippen LogP contribution in [0.2, 0.25) is 5.02 Å². The highest BCUT2D eigenvalue weighted by Crippen LogP contribution is 2.38. The predicted molar refractivity (Wildman–Crippen MR) is 108 cm³/mol. The molecule has 0 bridgehead atoms. The molecule has 1 aliphatic carbocycles. The first-order chi connectivity index (χ1) is 13.4. The lowest BCUT2D eigenvalue weighted by Crippen LogP contribution is -2.15. The maximum Gasteiger partial charge on any atom is 0.341 e. The molecule has 28 heavy (non-hydrogen) atoms. The molecule has 1 aromatic carbocycles. The number of esters is 1. The third-order valence-electron chi connectivity index (χ3n) is 4.69. The lowest BCUT2D eigenvalue weighted by atomic mass is 9.96. The van der Waals surface area contributed by atoms with Crippen LogP contribution in [0.15, 0.2) is 18.2 Å². The molecule has 1 amide bonds. The van der Waals surface area contributed by atoms with Crippen molar-refractivity contribution in [3.8, 4) is 0 Å². The van der Waals surface area contributed by atoms with E-state index in [2.05, 4.69) is 5.32 Å². The Morgan fingerprint density at radius 2 is 1.93 bits per heavy atom. The van der Waals surface area contributed by atoms with E-state index in [0.29, 0.717) is 10.6 Å². The lowest BCUT2D eigenvalue weighted by Gasteiger charge is -2.11. The Kier molecular flexibility index (Phi) is 6.31. The molecule has 0 fully saturated rings. The minimum Gasteiger partial charge on any atom is -0.465 e. The van der Waals surface area contributed by atoms with Crippen LogP contribution < -0.4 is 5.32 Å². The summed E-state index contributed by atoms with van der Waals surface area (Å²) >= 11 is 7.18. The predicted octanol–water partition coefficient (Wildman–Crippen LogP) is 5.01. The van der Waals surface area contributed by atoms with E-state index in [1.807, 2.05) is 0 Å². The third-order valence-corrected chi connectivity index (χ3v) is 6.22. The Morgan fingerprint density at radius 1 is 1.21 bits per heavy atom. The molecule has 0 aliphatic heterocycles. The summed E-state index contributed by atoms with van der Waals surface area (Å²) in [7, 11) is 1.31. The van der Waals surface area contributed by atoms with Gasteiger partial charge < -0.3 is 10.1 Å². The zero-order chi connectivity index (χ0) is 20.3. The number of anilines is 1. The fourth-order valence-electron chi connectivity index (χ4n) is 3.29. The quantitative estimate of drug-likeness (QED) is 0.424. The van der Waals surface area contributed by atoms with Gasteiger partial charge in [-0.2, -0.15) is 0 Å². The molecule has 0 spiro atoms. The van der Waals surface area contributed by atoms with Crippen molar-refractivity contribution in [3.63, 3.8) is 0 Å². The molecular weight excluding hydrogens is 404 g/mol. The summed E-state index contributed by atoms with van der Waals surface area (Å²) in [6, 6.07) is 3.84. The van der Waals surface area contributed by atoms with Crippen molar-refractivity contribution in [3.05, 3.63) is 54.9 Å². The molecule has 1 heterocycles. The maximum absolute atomic E-state index is 12.7. The van der Waals surface area contributed by atoms with E-state index >= 15 is 0 Å². The number of aryl methyl sites for hydroxylation is 1. The molecular formula is C19H19ClN2O5S. The van der Waals surface area contributed by atoms with E-state index in [1.54, 1.807) is 0 Å². The lowest BCUT2D eigenvalue weighted by molar-refractivity contribution is -0.384. The smallest absolute Gasteiger partial charge is 0.341 e. The molecule has 7 nitrogen and oxygen atoms in total. The van der Waals surface area contributed by atoms with Crippen LogP contribution in [0.1, 0.15) is 56.8 Å². The number of nitro benzene ring substituents is 1. The van der Waals surface area contributed by atoms with E-state index in [4.69, 9.17) is 16.3 Å². The number of methoxy groups -OCH3 is 1. The molecule has 0 radical (unpaired) electrons. The minimum absolute atomic E-state index is 0.0455. The van der Waals surface area contributed by atoms with Gasteiger partial charge in [0.2, 0.25) is 0 Å². The Labute approximate surface area is 170 Å². The number of nitro groups is 1. The molecule has 0 atom stereocenters. The molecule has 9 heteroatoms. The Bertz CT molecular complexity index is 941. The van der Waals surface area contributed by atoms with Gasteiger partial charge in [-0.25, -0.2) is 4.79 Å². The first kappa shape index (κ1) is 20.3. The average molecular weight is 423 g/mol. The molecule has 1 aromatic heterocycles. The summed E-state index contributed by atoms with van der Waals surface area (Å²) in [4.78, 5) is 36.6. The largest absolute Gasteiger partial charge is 0.465 e. The van der Waals surface area contributed by atoms with Crippen molar-refractivity contribution in [1.82, 2.24) is 0 Å². The number of hydrogen-bond acceptors (Lipinski definition) is 6. The molecule has 148 valence electrons. The topological polar surface area (TPSA) is 98.5 Å². The number of halogens is 1. The van der Waals surface area contributed by atoms with Gasteiger partial charge in [-0.15, -0.1) is 11.3 Å². The minimum atomic E-state index is -0.643. The van der Waals surface area contributed by atoms with Crippen LogP contribution in [0.5, 0.6) is 0 Å². The average Bonchev–Trinajstić information content (AvgIpc) is 2.97. The number of rotatable bonds is 4. The number of carbonyl (C=O) groups excluding carboxylic acids is 2. The second-order valence-corrected chi connectivity index (χ2v) is 8.00. The van der Waals surface area contributed by atoms with Gasteiger partial charge in [0.25, 0.3) is 11.6 Å². The first-order valence-electron chi connectivity index (χ1n) is 8.90. The normalized spacial score (nSPS) is 13.8. The van der Waals surface area contributed by atoms with Gasteiger partial charge in [-0.1, -0.05) is 24.4 Å². The number of thiophene rings is 1. The number of nitrogens with zero attached hydrogens (tertiary/aromatic N) is 1. The second-order valence-electron chi connectivity index (χ2n) is 6.49. The third kappa shape index (κ3) is 4.18. The van der Waals surface area contributed by atoms with Crippen LogP contribution in [0.4, 0.5) is 10.7 Å². The fraction of sp³-hybridized carbons (Fsp3) is 0.368. The standard InChI is InChI=1S/C19H19ClN2O5S/c1-27-19(24)16-12-6-4-2-3-5-7-15(12)28-18(16)21-17(23)11-8-9-13(20)14(10-11)22(25)26/h8-10H,2-7H2,1H3,(H,21,23). The van der Waals surface area contributed by atoms with Crippen LogP contribution in [0.25, 0.3) is 0 Å². The van der Waals surface area contributed by atoms with E-state index in [1.165, 1.54) is 30.6 Å². The number of benzene rings is 1. The number of nitrogens with one attached hydrogen (secondary N) is 1. The van der Waals surface area contributed by atoms with Crippen LogP contribution in [0.3, 0.4) is 0 Å². The SMILES string of the molecule is COC(=O)c1c(NC(=O)c2ccc(Cl)c([N+](=O)[O-])c2)sc2c1CCCCCC2. The van der Waals surface area contributed by atoms with Crippen molar-refractivity contribution < 1.29 is 19.2 Å². The summed E-state index contributed by atoms with van der Waals surface area (Å²) in [6.07, 6.45) is 5.87. The molecule has 2 aromatic rings. The van der Waals surface area contributed by atoms with E-state index in [9.17, 15) is 19.7 Å². The highest BCUT2D eigenvalue weighted by Gasteiger charge is 2.26. The molecule has 1 aliphatic rings. The highest BCUT2D eigenvalue weighted by molar-refractivity contribution is 7.17. The molecule has 3 rings (SSSR count). The number of carbonyl (C=O) groups is 2. The monoisotopic (exact) mass is 422 g/mol. The van der Waals surface area contributed by atoms with Crippen molar-refractivity contribution in [2.45, 2.75) is 38.5 Å². The van der Waals surface area contributed by atoms with Crippen LogP contribution in [-0.2, 0) is 17.6 Å². The second kappa shape index (κ2) is 8.70. The van der Waals surface area contributed by atoms with Gasteiger partial charge in [0, 0.05) is 16.5 Å². The summed E-state index contributed by atoms with van der Waals surface area (Å²) < 4.78 is 4.94. The van der Waals surface area contributed by atoms with Crippen LogP contribution >= 0.6 is 22.9 Å². The van der Waals surface area contributed by atoms with Gasteiger partial charge in [-0.3, -0.25) is 14.9 Å². The molecule has 1 N–H and O–H groups in total.